The molecule has 0 atom stereocenters. The van der Waals surface area contributed by atoms with Crippen LogP contribution in [-0.4, -0.2) is 33.5 Å². The van der Waals surface area contributed by atoms with Crippen LogP contribution in [0.25, 0.3) is 11.3 Å². The van der Waals surface area contributed by atoms with Crippen LogP contribution in [0, 0.1) is 5.82 Å². The number of rotatable bonds is 4. The van der Waals surface area contributed by atoms with Crippen LogP contribution < -0.4 is 10.2 Å². The predicted molar refractivity (Wildman–Crippen MR) is 102 cm³/mol. The minimum atomic E-state index is -0.365. The Morgan fingerprint density at radius 2 is 2.19 bits per heavy atom. The van der Waals surface area contributed by atoms with Gasteiger partial charge in [0.25, 0.3) is 0 Å². The lowest BCUT2D eigenvalue weighted by atomic mass is 10.0. The number of carbonyl (C=O) groups excluding carboxylic acids is 2. The summed E-state index contributed by atoms with van der Waals surface area (Å²) in [6, 6.07) is 6.02. The molecule has 0 radical (unpaired) electrons. The molecule has 0 spiro atoms. The third-order valence-electron chi connectivity index (χ3n) is 4.41. The Labute approximate surface area is 162 Å². The normalized spacial score (nSPS) is 13.6. The molecule has 3 aromatic rings. The number of nitrogens with one attached hydrogen (secondary N) is 3. The lowest BCUT2D eigenvalue weighted by molar-refractivity contribution is -0.121. The van der Waals surface area contributed by atoms with E-state index in [1.807, 2.05) is 0 Å². The van der Waals surface area contributed by atoms with Gasteiger partial charge < -0.3 is 15.2 Å². The SMILES string of the molecule is O=C(CN1C(=O)CCc2cc(F)ccc21)Nc1[nH]cc(Br)c1-c1ccn[nH]1. The second-order valence-electron chi connectivity index (χ2n) is 6.16. The van der Waals surface area contributed by atoms with Crippen molar-refractivity contribution in [3.63, 3.8) is 0 Å². The average Bonchev–Trinajstić information content (AvgIpc) is 3.27. The molecule has 0 aliphatic carbocycles. The fraction of sp³-hybridized carbons (Fsp3) is 0.167. The van der Waals surface area contributed by atoms with Gasteiger partial charge in [-0.1, -0.05) is 0 Å². The van der Waals surface area contributed by atoms with Gasteiger partial charge in [-0.05, 0) is 52.2 Å². The van der Waals surface area contributed by atoms with E-state index in [4.69, 9.17) is 0 Å². The number of hydrogen-bond acceptors (Lipinski definition) is 3. The first-order valence-electron chi connectivity index (χ1n) is 8.28. The maximum absolute atomic E-state index is 13.5. The largest absolute Gasteiger partial charge is 0.346 e. The smallest absolute Gasteiger partial charge is 0.245 e. The third kappa shape index (κ3) is 3.37. The van der Waals surface area contributed by atoms with Gasteiger partial charge in [0.1, 0.15) is 18.2 Å². The molecule has 2 aromatic heterocycles. The van der Waals surface area contributed by atoms with Gasteiger partial charge in [-0.25, -0.2) is 4.39 Å². The second-order valence-corrected chi connectivity index (χ2v) is 7.01. The van der Waals surface area contributed by atoms with E-state index < -0.39 is 0 Å². The summed E-state index contributed by atoms with van der Waals surface area (Å²) in [5.41, 5.74) is 2.76. The van der Waals surface area contributed by atoms with Crippen molar-refractivity contribution in [2.75, 3.05) is 16.8 Å². The van der Waals surface area contributed by atoms with Crippen molar-refractivity contribution in [2.24, 2.45) is 0 Å². The van der Waals surface area contributed by atoms with Gasteiger partial charge in [0.2, 0.25) is 11.8 Å². The quantitative estimate of drug-likeness (QED) is 0.591. The van der Waals surface area contributed by atoms with E-state index >= 15 is 0 Å². The molecule has 3 heterocycles. The number of H-pyrrole nitrogens is 2. The molecule has 0 unspecified atom stereocenters. The maximum Gasteiger partial charge on any atom is 0.245 e. The molecule has 1 aliphatic rings. The van der Waals surface area contributed by atoms with Crippen molar-refractivity contribution in [1.82, 2.24) is 15.2 Å². The summed E-state index contributed by atoms with van der Waals surface area (Å²) in [6.07, 6.45) is 4.04. The van der Waals surface area contributed by atoms with Crippen molar-refractivity contribution in [3.05, 3.63) is 52.5 Å². The fourth-order valence-corrected chi connectivity index (χ4v) is 3.71. The van der Waals surface area contributed by atoms with E-state index in [1.165, 1.54) is 23.1 Å². The van der Waals surface area contributed by atoms with Crippen LogP contribution in [0.3, 0.4) is 0 Å². The molecule has 0 bridgehead atoms. The van der Waals surface area contributed by atoms with E-state index in [2.05, 4.69) is 36.4 Å². The number of nitrogens with zero attached hydrogens (tertiary/aromatic N) is 2. The fourth-order valence-electron chi connectivity index (χ4n) is 3.18. The Morgan fingerprint density at radius 1 is 1.33 bits per heavy atom. The Hall–Kier alpha value is -2.94. The zero-order valence-electron chi connectivity index (χ0n) is 14.1. The Bertz CT molecular complexity index is 1010. The minimum Gasteiger partial charge on any atom is -0.346 e. The summed E-state index contributed by atoms with van der Waals surface area (Å²) in [7, 11) is 0. The first-order chi connectivity index (χ1) is 13.0. The summed E-state index contributed by atoms with van der Waals surface area (Å²) in [5.74, 6) is -0.394. The van der Waals surface area contributed by atoms with Crippen molar-refractivity contribution in [2.45, 2.75) is 12.8 Å². The highest BCUT2D eigenvalue weighted by molar-refractivity contribution is 9.10. The van der Waals surface area contributed by atoms with Crippen LogP contribution in [0.4, 0.5) is 15.9 Å². The first kappa shape index (κ1) is 17.5. The molecule has 2 amide bonds. The number of aromatic nitrogens is 3. The number of benzene rings is 1. The van der Waals surface area contributed by atoms with Gasteiger partial charge in [-0.15, -0.1) is 0 Å². The van der Waals surface area contributed by atoms with Crippen LogP contribution in [0.1, 0.15) is 12.0 Å². The number of amides is 2. The van der Waals surface area contributed by atoms with Gasteiger partial charge in [0.05, 0.1) is 11.3 Å². The third-order valence-corrected chi connectivity index (χ3v) is 5.04. The molecule has 0 saturated carbocycles. The number of aromatic amines is 2. The van der Waals surface area contributed by atoms with Crippen molar-refractivity contribution in [1.29, 1.82) is 0 Å². The Kier molecular flexibility index (Phi) is 4.53. The van der Waals surface area contributed by atoms with Gasteiger partial charge in [0, 0.05) is 29.0 Å². The molecule has 138 valence electrons. The van der Waals surface area contributed by atoms with Gasteiger partial charge in [-0.3, -0.25) is 14.7 Å². The molecule has 7 nitrogen and oxygen atoms in total. The van der Waals surface area contributed by atoms with E-state index in [-0.39, 0.29) is 30.6 Å². The number of carbonyl (C=O) groups is 2. The standard InChI is InChI=1S/C18H15BrFN5O2/c19-12-8-21-18(17(12)13-5-6-22-24-13)23-15(26)9-25-14-3-2-11(20)7-10(14)1-4-16(25)27/h2-3,5-8,21H,1,4,9H2,(H,22,24)(H,23,26). The van der Waals surface area contributed by atoms with Crippen molar-refractivity contribution >= 4 is 39.2 Å². The Balaban J connectivity index is 1.55. The maximum atomic E-state index is 13.5. The van der Waals surface area contributed by atoms with Crippen molar-refractivity contribution < 1.29 is 14.0 Å². The van der Waals surface area contributed by atoms with Gasteiger partial charge in [0.15, 0.2) is 0 Å². The second kappa shape index (κ2) is 6.99. The highest BCUT2D eigenvalue weighted by atomic mass is 79.9. The van der Waals surface area contributed by atoms with Crippen LogP contribution in [0.15, 0.2) is 41.1 Å². The topological polar surface area (TPSA) is 93.9 Å². The van der Waals surface area contributed by atoms with Gasteiger partial charge >= 0.3 is 0 Å². The van der Waals surface area contributed by atoms with Crippen LogP contribution in [0.5, 0.6) is 0 Å². The van der Waals surface area contributed by atoms with Crippen LogP contribution in [-0.2, 0) is 16.0 Å². The van der Waals surface area contributed by atoms with Crippen LogP contribution in [0.2, 0.25) is 0 Å². The molecule has 9 heteroatoms. The number of fused-ring (bicyclic) bond motifs is 1. The highest BCUT2D eigenvalue weighted by Gasteiger charge is 2.27. The monoisotopic (exact) mass is 431 g/mol. The summed E-state index contributed by atoms with van der Waals surface area (Å²) in [6.45, 7) is -0.156. The molecule has 0 saturated heterocycles. The van der Waals surface area contributed by atoms with E-state index in [1.54, 1.807) is 18.5 Å². The summed E-state index contributed by atoms with van der Waals surface area (Å²) >= 11 is 3.43. The minimum absolute atomic E-state index is 0.156. The lowest BCUT2D eigenvalue weighted by Gasteiger charge is -2.28. The average molecular weight is 432 g/mol. The van der Waals surface area contributed by atoms with E-state index in [0.717, 1.165) is 21.3 Å². The number of halogens is 2. The lowest BCUT2D eigenvalue weighted by Crippen LogP contribution is -2.41. The zero-order valence-corrected chi connectivity index (χ0v) is 15.6. The molecule has 1 aromatic carbocycles. The Morgan fingerprint density at radius 3 is 2.96 bits per heavy atom. The highest BCUT2D eigenvalue weighted by Crippen LogP contribution is 2.34. The summed E-state index contributed by atoms with van der Waals surface area (Å²) in [5, 5.41) is 9.56. The molecule has 4 rings (SSSR count). The molecule has 3 N–H and O–H groups in total. The summed E-state index contributed by atoms with van der Waals surface area (Å²) < 4.78 is 14.2. The molecule has 0 fully saturated rings. The predicted octanol–water partition coefficient (Wildman–Crippen LogP) is 3.22. The molecule has 1 aliphatic heterocycles. The molecular weight excluding hydrogens is 417 g/mol. The number of anilines is 2. The molecular formula is C18H15BrFN5O2. The van der Waals surface area contributed by atoms with E-state index in [0.29, 0.717) is 17.9 Å². The number of aryl methyl sites for hydroxylation is 1. The molecule has 27 heavy (non-hydrogen) atoms. The first-order valence-corrected chi connectivity index (χ1v) is 9.07. The van der Waals surface area contributed by atoms with Crippen molar-refractivity contribution in [3.8, 4) is 11.3 Å². The van der Waals surface area contributed by atoms with Crippen LogP contribution >= 0.6 is 15.9 Å². The summed E-state index contributed by atoms with van der Waals surface area (Å²) in [4.78, 5) is 29.3. The number of hydrogen-bond donors (Lipinski definition) is 3. The zero-order chi connectivity index (χ0) is 19.0. The van der Waals surface area contributed by atoms with Gasteiger partial charge in [-0.2, -0.15) is 5.10 Å². The van der Waals surface area contributed by atoms with E-state index in [9.17, 15) is 14.0 Å².